The lowest BCUT2D eigenvalue weighted by molar-refractivity contribution is 0.628. The molecule has 0 saturated carbocycles. The molecule has 0 heterocycles. The molecule has 0 amide bonds. The van der Waals surface area contributed by atoms with Gasteiger partial charge in [-0.25, -0.2) is 4.39 Å². The third-order valence-corrected chi connectivity index (χ3v) is 3.75. The fraction of sp³-hybridized carbons (Fsp3) is 0.294. The molecule has 0 radical (unpaired) electrons. The zero-order chi connectivity index (χ0) is 14.5. The molecule has 2 rings (SSSR count). The number of rotatable bonds is 5. The first-order valence-electron chi connectivity index (χ1n) is 6.94. The molecule has 2 aromatic rings. The summed E-state index contributed by atoms with van der Waals surface area (Å²) in [6.45, 7) is 4.27. The van der Waals surface area contributed by atoms with Gasteiger partial charge in [-0.05, 0) is 42.2 Å². The summed E-state index contributed by atoms with van der Waals surface area (Å²) in [5.74, 6) is -0.391. The molecule has 0 fully saturated rings. The molecule has 106 valence electrons. The van der Waals surface area contributed by atoms with Crippen LogP contribution in [0.4, 0.5) is 10.1 Å². The molecule has 1 N–H and O–H groups in total. The monoisotopic (exact) mass is 291 g/mol. The second kappa shape index (κ2) is 6.76. The molecule has 1 unspecified atom stereocenters. The van der Waals surface area contributed by atoms with Crippen molar-refractivity contribution in [2.75, 3.05) is 5.32 Å². The van der Waals surface area contributed by atoms with Crippen LogP contribution in [-0.4, -0.2) is 0 Å². The standard InChI is InChI=1S/C17H19ClFN/c1-3-12-5-7-13(8-6-12)17(4-2)20-14-9-10-16(19)15(18)11-14/h5-11,17,20H,3-4H2,1-2H3. The Bertz CT molecular complexity index is 566. The van der Waals surface area contributed by atoms with Crippen LogP contribution in [0.1, 0.15) is 37.4 Å². The second-order valence-electron chi connectivity index (χ2n) is 4.83. The van der Waals surface area contributed by atoms with Gasteiger partial charge in [-0.15, -0.1) is 0 Å². The fourth-order valence-electron chi connectivity index (χ4n) is 2.19. The maximum Gasteiger partial charge on any atom is 0.141 e. The van der Waals surface area contributed by atoms with Crippen molar-refractivity contribution in [1.82, 2.24) is 0 Å². The zero-order valence-corrected chi connectivity index (χ0v) is 12.5. The third-order valence-electron chi connectivity index (χ3n) is 3.46. The Kier molecular flexibility index (Phi) is 5.02. The van der Waals surface area contributed by atoms with E-state index >= 15 is 0 Å². The van der Waals surface area contributed by atoms with Crippen molar-refractivity contribution >= 4 is 17.3 Å². The van der Waals surface area contributed by atoms with Crippen LogP contribution >= 0.6 is 11.6 Å². The van der Waals surface area contributed by atoms with Gasteiger partial charge < -0.3 is 5.32 Å². The van der Waals surface area contributed by atoms with Gasteiger partial charge in [-0.3, -0.25) is 0 Å². The van der Waals surface area contributed by atoms with Crippen LogP contribution in [0.25, 0.3) is 0 Å². The van der Waals surface area contributed by atoms with Crippen LogP contribution in [-0.2, 0) is 6.42 Å². The van der Waals surface area contributed by atoms with Gasteiger partial charge in [0, 0.05) is 5.69 Å². The van der Waals surface area contributed by atoms with Crippen LogP contribution in [0.3, 0.4) is 0 Å². The molecule has 0 aliphatic rings. The lowest BCUT2D eigenvalue weighted by Gasteiger charge is -2.19. The minimum absolute atomic E-state index is 0.145. The molecule has 2 aromatic carbocycles. The van der Waals surface area contributed by atoms with Crippen molar-refractivity contribution in [3.63, 3.8) is 0 Å². The Labute approximate surface area is 124 Å². The van der Waals surface area contributed by atoms with E-state index in [4.69, 9.17) is 11.6 Å². The molecule has 0 aromatic heterocycles. The Hall–Kier alpha value is -1.54. The van der Waals surface area contributed by atoms with Crippen LogP contribution in [0.15, 0.2) is 42.5 Å². The summed E-state index contributed by atoms with van der Waals surface area (Å²) in [4.78, 5) is 0. The van der Waals surface area contributed by atoms with E-state index in [1.165, 1.54) is 17.2 Å². The number of aryl methyl sites for hydroxylation is 1. The van der Waals surface area contributed by atoms with Gasteiger partial charge in [0.1, 0.15) is 5.82 Å². The molecule has 0 bridgehead atoms. The van der Waals surface area contributed by atoms with Crippen molar-refractivity contribution in [3.8, 4) is 0 Å². The van der Waals surface area contributed by atoms with E-state index < -0.39 is 5.82 Å². The molecule has 0 aliphatic heterocycles. The first kappa shape index (κ1) is 14.9. The van der Waals surface area contributed by atoms with Crippen molar-refractivity contribution < 1.29 is 4.39 Å². The molecule has 20 heavy (non-hydrogen) atoms. The van der Waals surface area contributed by atoms with Gasteiger partial charge in [0.15, 0.2) is 0 Å². The second-order valence-corrected chi connectivity index (χ2v) is 5.24. The number of halogens is 2. The Morgan fingerprint density at radius 2 is 1.80 bits per heavy atom. The summed E-state index contributed by atoms with van der Waals surface area (Å²) in [6.07, 6.45) is 1.98. The average molecular weight is 292 g/mol. The van der Waals surface area contributed by atoms with Crippen molar-refractivity contribution in [1.29, 1.82) is 0 Å². The van der Waals surface area contributed by atoms with E-state index in [2.05, 4.69) is 43.4 Å². The SMILES string of the molecule is CCc1ccc(C(CC)Nc2ccc(F)c(Cl)c2)cc1. The van der Waals surface area contributed by atoms with E-state index in [0.29, 0.717) is 0 Å². The summed E-state index contributed by atoms with van der Waals surface area (Å²) in [5.41, 5.74) is 3.39. The highest BCUT2D eigenvalue weighted by Gasteiger charge is 2.10. The Balaban J connectivity index is 2.16. The third kappa shape index (κ3) is 3.51. The molecule has 1 atom stereocenters. The number of anilines is 1. The molecular weight excluding hydrogens is 273 g/mol. The van der Waals surface area contributed by atoms with E-state index in [1.54, 1.807) is 12.1 Å². The van der Waals surface area contributed by atoms with E-state index in [9.17, 15) is 4.39 Å². The van der Waals surface area contributed by atoms with Crippen molar-refractivity contribution in [2.24, 2.45) is 0 Å². The summed E-state index contributed by atoms with van der Waals surface area (Å²) < 4.78 is 13.2. The highest BCUT2D eigenvalue weighted by atomic mass is 35.5. The van der Waals surface area contributed by atoms with Gasteiger partial charge in [0.25, 0.3) is 0 Å². The molecule has 0 saturated heterocycles. The maximum absolute atomic E-state index is 13.2. The number of hydrogen-bond donors (Lipinski definition) is 1. The van der Waals surface area contributed by atoms with Gasteiger partial charge in [-0.2, -0.15) is 0 Å². The minimum atomic E-state index is -0.391. The van der Waals surface area contributed by atoms with Gasteiger partial charge >= 0.3 is 0 Å². The lowest BCUT2D eigenvalue weighted by Crippen LogP contribution is -2.09. The molecule has 1 nitrogen and oxygen atoms in total. The number of nitrogens with one attached hydrogen (secondary N) is 1. The van der Waals surface area contributed by atoms with Gasteiger partial charge in [0.2, 0.25) is 0 Å². The quantitative estimate of drug-likeness (QED) is 0.755. The van der Waals surface area contributed by atoms with E-state index in [0.717, 1.165) is 18.5 Å². The lowest BCUT2D eigenvalue weighted by atomic mass is 10.0. The first-order chi connectivity index (χ1) is 9.63. The van der Waals surface area contributed by atoms with Gasteiger partial charge in [0.05, 0.1) is 11.1 Å². The van der Waals surface area contributed by atoms with Gasteiger partial charge in [-0.1, -0.05) is 49.7 Å². The fourth-order valence-corrected chi connectivity index (χ4v) is 2.37. The summed E-state index contributed by atoms with van der Waals surface area (Å²) in [7, 11) is 0. The molecular formula is C17H19ClFN. The van der Waals surface area contributed by atoms with Crippen molar-refractivity contribution in [2.45, 2.75) is 32.7 Å². The molecule has 0 spiro atoms. The molecule has 3 heteroatoms. The maximum atomic E-state index is 13.2. The van der Waals surface area contributed by atoms with Crippen LogP contribution < -0.4 is 5.32 Å². The highest BCUT2D eigenvalue weighted by Crippen LogP contribution is 2.26. The van der Waals surface area contributed by atoms with E-state index in [1.807, 2.05) is 0 Å². The van der Waals surface area contributed by atoms with E-state index in [-0.39, 0.29) is 11.1 Å². The summed E-state index contributed by atoms with van der Waals surface area (Å²) >= 11 is 5.81. The molecule has 0 aliphatic carbocycles. The predicted molar refractivity (Wildman–Crippen MR) is 83.9 cm³/mol. The summed E-state index contributed by atoms with van der Waals surface area (Å²) in [5, 5.41) is 3.54. The number of hydrogen-bond acceptors (Lipinski definition) is 1. The minimum Gasteiger partial charge on any atom is -0.378 e. The first-order valence-corrected chi connectivity index (χ1v) is 7.32. The summed E-state index contributed by atoms with van der Waals surface area (Å²) in [6, 6.07) is 13.5. The smallest absolute Gasteiger partial charge is 0.141 e. The predicted octanol–water partition coefficient (Wildman–Crippen LogP) is 5.60. The van der Waals surface area contributed by atoms with Crippen LogP contribution in [0.5, 0.6) is 0 Å². The normalized spacial score (nSPS) is 12.2. The highest BCUT2D eigenvalue weighted by molar-refractivity contribution is 6.31. The van der Waals surface area contributed by atoms with Crippen molar-refractivity contribution in [3.05, 3.63) is 64.4 Å². The largest absolute Gasteiger partial charge is 0.378 e. The topological polar surface area (TPSA) is 12.0 Å². The Morgan fingerprint density at radius 1 is 1.10 bits per heavy atom. The van der Waals surface area contributed by atoms with Crippen LogP contribution in [0.2, 0.25) is 5.02 Å². The average Bonchev–Trinajstić information content (AvgIpc) is 2.48. The number of benzene rings is 2. The Morgan fingerprint density at radius 3 is 2.35 bits per heavy atom. The zero-order valence-electron chi connectivity index (χ0n) is 11.8. The van der Waals surface area contributed by atoms with Crippen LogP contribution in [0, 0.1) is 5.82 Å².